The number of hydrogen-bond acceptors (Lipinski definition) is 9. The molecule has 1 heterocycles. The van der Waals surface area contributed by atoms with E-state index in [1.165, 1.54) is 4.90 Å². The van der Waals surface area contributed by atoms with Crippen molar-refractivity contribution in [3.63, 3.8) is 0 Å². The second-order valence-electron chi connectivity index (χ2n) is 6.88. The Morgan fingerprint density at radius 1 is 1.15 bits per heavy atom. The van der Waals surface area contributed by atoms with Gasteiger partial charge in [0.25, 0.3) is 11.6 Å². The number of anilines is 1. The van der Waals surface area contributed by atoms with Gasteiger partial charge in [-0.05, 0) is 24.6 Å². The first-order valence-electron chi connectivity index (χ1n) is 9.45. The molecule has 1 aliphatic heterocycles. The van der Waals surface area contributed by atoms with Crippen molar-refractivity contribution in [1.29, 1.82) is 0 Å². The highest BCUT2D eigenvalue weighted by Crippen LogP contribution is 2.32. The molecule has 0 aromatic heterocycles. The number of nitro benzene ring substituents is 2. The molecule has 2 amide bonds. The van der Waals surface area contributed by atoms with Crippen LogP contribution in [0.5, 0.6) is 0 Å². The minimum atomic E-state index is -0.804. The fourth-order valence-electron chi connectivity index (χ4n) is 2.81. The quantitative estimate of drug-likeness (QED) is 0.247. The molecule has 170 valence electrons. The molecule has 1 fully saturated rings. The van der Waals surface area contributed by atoms with Gasteiger partial charge in [0.2, 0.25) is 5.91 Å². The molecule has 1 saturated heterocycles. The number of non-ortho nitro benzene ring substituents is 1. The molecule has 11 nitrogen and oxygen atoms in total. The Morgan fingerprint density at radius 2 is 1.85 bits per heavy atom. The van der Waals surface area contributed by atoms with E-state index in [4.69, 9.17) is 12.2 Å². The van der Waals surface area contributed by atoms with Crippen LogP contribution in [0.4, 0.5) is 17.1 Å². The van der Waals surface area contributed by atoms with E-state index in [1.54, 1.807) is 6.08 Å². The SMILES string of the molecule is Cc1ccc(C=C2SC(=S)N(CCC(=O)NNc3ccc([N+](=O)[O-])cc3[N+](=O)[O-])C2=O)cc1. The third kappa shape index (κ3) is 5.90. The van der Waals surface area contributed by atoms with E-state index in [-0.39, 0.29) is 24.6 Å². The number of thioether (sulfide) groups is 1. The van der Waals surface area contributed by atoms with Gasteiger partial charge in [0.15, 0.2) is 0 Å². The fourth-order valence-corrected chi connectivity index (χ4v) is 4.12. The van der Waals surface area contributed by atoms with E-state index in [0.29, 0.717) is 9.23 Å². The molecule has 13 heteroatoms. The number of carbonyl (C=O) groups is 2. The van der Waals surface area contributed by atoms with Crippen LogP contribution in [0.25, 0.3) is 6.08 Å². The Labute approximate surface area is 197 Å². The van der Waals surface area contributed by atoms with Crippen molar-refractivity contribution in [2.45, 2.75) is 13.3 Å². The first-order chi connectivity index (χ1) is 15.7. The van der Waals surface area contributed by atoms with Crippen LogP contribution in [0.15, 0.2) is 47.4 Å². The van der Waals surface area contributed by atoms with Crippen LogP contribution in [0, 0.1) is 27.2 Å². The largest absolute Gasteiger partial charge is 0.300 e. The van der Waals surface area contributed by atoms with Crippen LogP contribution in [0.3, 0.4) is 0 Å². The van der Waals surface area contributed by atoms with E-state index in [0.717, 1.165) is 41.1 Å². The Bertz CT molecular complexity index is 1180. The number of thiocarbonyl (C=S) groups is 1. The summed E-state index contributed by atoms with van der Waals surface area (Å²) in [5, 5.41) is 22.0. The number of nitrogens with one attached hydrogen (secondary N) is 2. The van der Waals surface area contributed by atoms with Crippen LogP contribution in [-0.4, -0.2) is 37.4 Å². The smallest absolute Gasteiger partial charge is 0.292 e. The molecule has 2 N–H and O–H groups in total. The van der Waals surface area contributed by atoms with Gasteiger partial charge in [-0.15, -0.1) is 0 Å². The molecule has 0 spiro atoms. The maximum Gasteiger partial charge on any atom is 0.300 e. The predicted molar refractivity (Wildman–Crippen MR) is 127 cm³/mol. The van der Waals surface area contributed by atoms with E-state index in [2.05, 4.69) is 10.9 Å². The summed E-state index contributed by atoms with van der Waals surface area (Å²) in [5.74, 6) is -0.864. The Morgan fingerprint density at radius 3 is 2.48 bits per heavy atom. The number of rotatable bonds is 8. The molecule has 0 radical (unpaired) electrons. The summed E-state index contributed by atoms with van der Waals surface area (Å²) >= 11 is 6.40. The monoisotopic (exact) mass is 487 g/mol. The molecule has 0 aliphatic carbocycles. The number of hydrogen-bond donors (Lipinski definition) is 2. The first-order valence-corrected chi connectivity index (χ1v) is 10.7. The lowest BCUT2D eigenvalue weighted by atomic mass is 10.1. The summed E-state index contributed by atoms with van der Waals surface area (Å²) in [5.41, 5.74) is 5.49. The van der Waals surface area contributed by atoms with E-state index in [1.807, 2.05) is 31.2 Å². The predicted octanol–water partition coefficient (Wildman–Crippen LogP) is 3.55. The van der Waals surface area contributed by atoms with Gasteiger partial charge >= 0.3 is 5.69 Å². The van der Waals surface area contributed by atoms with Crippen molar-refractivity contribution >= 4 is 63.3 Å². The molecule has 0 saturated carbocycles. The minimum Gasteiger partial charge on any atom is -0.292 e. The standard InChI is InChI=1S/C20H17N5O6S2/c1-12-2-4-13(5-3-12)10-17-19(27)23(20(32)33-17)9-8-18(26)22-21-15-7-6-14(24(28)29)11-16(15)25(30)31/h2-7,10-11,21H,8-9H2,1H3,(H,22,26). The van der Waals surface area contributed by atoms with Crippen molar-refractivity contribution in [2.75, 3.05) is 12.0 Å². The molecule has 0 bridgehead atoms. The average molecular weight is 488 g/mol. The molecule has 0 unspecified atom stereocenters. The average Bonchev–Trinajstić information content (AvgIpc) is 3.04. The van der Waals surface area contributed by atoms with Gasteiger partial charge in [-0.1, -0.05) is 53.8 Å². The molecule has 33 heavy (non-hydrogen) atoms. The van der Waals surface area contributed by atoms with Crippen molar-refractivity contribution in [2.24, 2.45) is 0 Å². The zero-order valence-corrected chi connectivity index (χ0v) is 18.8. The first kappa shape index (κ1) is 23.8. The van der Waals surface area contributed by atoms with Gasteiger partial charge in [-0.2, -0.15) is 0 Å². The molecule has 1 aliphatic rings. The second kappa shape index (κ2) is 10.2. The molecule has 0 atom stereocenters. The maximum atomic E-state index is 12.7. The topological polar surface area (TPSA) is 148 Å². The van der Waals surface area contributed by atoms with Gasteiger partial charge in [0.05, 0.1) is 20.8 Å². The Balaban J connectivity index is 1.58. The van der Waals surface area contributed by atoms with Crippen molar-refractivity contribution in [3.8, 4) is 0 Å². The van der Waals surface area contributed by atoms with E-state index >= 15 is 0 Å². The minimum absolute atomic E-state index is 0.0196. The van der Waals surface area contributed by atoms with E-state index in [9.17, 15) is 29.8 Å². The Kier molecular flexibility index (Phi) is 7.35. The summed E-state index contributed by atoms with van der Waals surface area (Å²) in [6.45, 7) is 1.98. The van der Waals surface area contributed by atoms with Gasteiger partial charge in [-0.25, -0.2) is 0 Å². The fraction of sp³-hybridized carbons (Fsp3) is 0.150. The number of benzene rings is 2. The highest BCUT2D eigenvalue weighted by atomic mass is 32.2. The molecule has 2 aromatic rings. The van der Waals surface area contributed by atoms with Crippen molar-refractivity contribution in [3.05, 3.63) is 78.7 Å². The van der Waals surface area contributed by atoms with Gasteiger partial charge in [0.1, 0.15) is 10.0 Å². The summed E-state index contributed by atoms with van der Waals surface area (Å²) in [4.78, 5) is 47.0. The highest BCUT2D eigenvalue weighted by molar-refractivity contribution is 8.26. The molecule has 3 rings (SSSR count). The summed E-state index contributed by atoms with van der Waals surface area (Å²) in [6, 6.07) is 10.6. The maximum absolute atomic E-state index is 12.7. The molecule has 2 aromatic carbocycles. The third-order valence-electron chi connectivity index (χ3n) is 4.54. The second-order valence-corrected chi connectivity index (χ2v) is 8.56. The zero-order chi connectivity index (χ0) is 24.1. The lowest BCUT2D eigenvalue weighted by molar-refractivity contribution is -0.393. The normalized spacial score (nSPS) is 14.5. The lowest BCUT2D eigenvalue weighted by Crippen LogP contribution is -2.35. The summed E-state index contributed by atoms with van der Waals surface area (Å²) in [7, 11) is 0. The van der Waals surface area contributed by atoms with Crippen LogP contribution in [0.1, 0.15) is 17.5 Å². The number of amides is 2. The van der Waals surface area contributed by atoms with Gasteiger partial charge < -0.3 is 0 Å². The van der Waals surface area contributed by atoms with Crippen molar-refractivity contribution in [1.82, 2.24) is 10.3 Å². The van der Waals surface area contributed by atoms with E-state index < -0.39 is 27.1 Å². The number of hydrazine groups is 1. The summed E-state index contributed by atoms with van der Waals surface area (Å²) in [6.07, 6.45) is 1.60. The molecular formula is C20H17N5O6S2. The Hall–Kier alpha value is -3.84. The number of nitro groups is 2. The number of carbonyl (C=O) groups excluding carboxylic acids is 2. The zero-order valence-electron chi connectivity index (χ0n) is 17.1. The number of aryl methyl sites for hydroxylation is 1. The van der Waals surface area contributed by atoms with Gasteiger partial charge in [0, 0.05) is 19.0 Å². The van der Waals surface area contributed by atoms with Crippen LogP contribution in [0.2, 0.25) is 0 Å². The van der Waals surface area contributed by atoms with Crippen LogP contribution >= 0.6 is 24.0 Å². The van der Waals surface area contributed by atoms with Crippen molar-refractivity contribution < 1.29 is 19.4 Å². The molecular weight excluding hydrogens is 470 g/mol. The van der Waals surface area contributed by atoms with Crippen LogP contribution in [-0.2, 0) is 9.59 Å². The lowest BCUT2D eigenvalue weighted by Gasteiger charge is -2.14. The highest BCUT2D eigenvalue weighted by Gasteiger charge is 2.32. The van der Waals surface area contributed by atoms with Gasteiger partial charge in [-0.3, -0.25) is 45.6 Å². The third-order valence-corrected chi connectivity index (χ3v) is 5.91. The van der Waals surface area contributed by atoms with Crippen LogP contribution < -0.4 is 10.9 Å². The number of nitrogens with zero attached hydrogens (tertiary/aromatic N) is 3. The summed E-state index contributed by atoms with van der Waals surface area (Å²) < 4.78 is 0.324.